The first-order valence-corrected chi connectivity index (χ1v) is 39.2. The second kappa shape index (κ2) is 61.0. The Morgan fingerprint density at radius 2 is 0.738 bits per heavy atom. The molecule has 15 atom stereocenters. The Bertz CT molecular complexity index is 2700. The number of ether oxygens (including phenoxy) is 12. The lowest BCUT2D eigenvalue weighted by molar-refractivity contribution is -0.154. The van der Waals surface area contributed by atoms with Crippen molar-refractivity contribution in [3.63, 3.8) is 0 Å². The van der Waals surface area contributed by atoms with Crippen molar-refractivity contribution in [3.05, 3.63) is 154 Å². The first kappa shape index (κ1) is 100. The van der Waals surface area contributed by atoms with E-state index in [9.17, 15) is 33.3 Å². The zero-order valence-electron chi connectivity index (χ0n) is 69.2. The van der Waals surface area contributed by atoms with Crippen LogP contribution in [0.4, 0.5) is 13.2 Å². The molecule has 0 aromatic heterocycles. The molecule has 0 saturated carbocycles. The number of rotatable bonds is 9. The molecule has 0 radical (unpaired) electrons. The monoisotopic (exact) mass is 1520 g/mol. The summed E-state index contributed by atoms with van der Waals surface area (Å²) in [6.45, 7) is 34.4. The number of aliphatic hydroxyl groups excluding tert-OH is 3. The van der Waals surface area contributed by atoms with Gasteiger partial charge in [0.1, 0.15) is 36.6 Å². The quantitative estimate of drug-likeness (QED) is 0.146. The van der Waals surface area contributed by atoms with Crippen LogP contribution in [0.3, 0.4) is 0 Å². The third-order valence-corrected chi connectivity index (χ3v) is 18.7. The van der Waals surface area contributed by atoms with Gasteiger partial charge in [0.05, 0.1) is 77.3 Å². The Labute approximate surface area is 645 Å². The minimum absolute atomic E-state index is 0.00876. The number of aliphatic hydroxyl groups is 3. The number of carbonyl (C=O) groups is 1. The van der Waals surface area contributed by atoms with Gasteiger partial charge < -0.3 is 72.2 Å². The van der Waals surface area contributed by atoms with E-state index in [4.69, 9.17) is 56.8 Å². The number of carbonyl (C=O) groups excluding carboxylic acids is 1. The van der Waals surface area contributed by atoms with Gasteiger partial charge in [-0.1, -0.05) is 203 Å². The van der Waals surface area contributed by atoms with E-state index in [1.165, 1.54) is 43.6 Å². The van der Waals surface area contributed by atoms with Crippen molar-refractivity contribution in [2.75, 3.05) is 108 Å². The maximum absolute atomic E-state index is 12.9. The molecular formula is C88H145F3O16. The summed E-state index contributed by atoms with van der Waals surface area (Å²) in [4.78, 5) is 11.4. The van der Waals surface area contributed by atoms with E-state index in [0.717, 1.165) is 125 Å². The number of hydrogen-bond acceptors (Lipinski definition) is 16. The predicted octanol–water partition coefficient (Wildman–Crippen LogP) is 18.5. The van der Waals surface area contributed by atoms with E-state index in [-0.39, 0.29) is 92.3 Å². The van der Waals surface area contributed by atoms with Gasteiger partial charge in [-0.05, 0) is 132 Å². The van der Waals surface area contributed by atoms with Gasteiger partial charge in [0.15, 0.2) is 0 Å². The van der Waals surface area contributed by atoms with E-state index >= 15 is 0 Å². The highest BCUT2D eigenvalue weighted by Gasteiger charge is 2.33. The first-order valence-electron chi connectivity index (χ1n) is 39.2. The van der Waals surface area contributed by atoms with Crippen molar-refractivity contribution < 1.29 is 90.1 Å². The van der Waals surface area contributed by atoms with Gasteiger partial charge >= 0.3 is 12.1 Å². The second-order valence-corrected chi connectivity index (χ2v) is 29.2. The van der Waals surface area contributed by atoms with Crippen molar-refractivity contribution in [2.45, 2.75) is 260 Å². The molecule has 0 aromatic carbocycles. The van der Waals surface area contributed by atoms with Crippen LogP contribution in [0, 0.1) is 29.6 Å². The summed E-state index contributed by atoms with van der Waals surface area (Å²) in [6, 6.07) is 0. The number of allylic oxidation sites excluding steroid dienone is 8. The molecule has 614 valence electrons. The van der Waals surface area contributed by atoms with Gasteiger partial charge in [0, 0.05) is 97.5 Å². The minimum atomic E-state index is -4.35. The molecule has 0 unspecified atom stereocenters. The summed E-state index contributed by atoms with van der Waals surface area (Å²) in [5.74, 6) is -0.00675. The Hall–Kier alpha value is -4.68. The number of hydrogen-bond donors (Lipinski definition) is 3. The molecule has 107 heavy (non-hydrogen) atoms. The van der Waals surface area contributed by atoms with Crippen molar-refractivity contribution in [3.8, 4) is 0 Å². The van der Waals surface area contributed by atoms with Gasteiger partial charge in [-0.15, -0.1) is 0 Å². The van der Waals surface area contributed by atoms with Gasteiger partial charge in [-0.2, -0.15) is 13.2 Å². The van der Waals surface area contributed by atoms with Crippen molar-refractivity contribution in [2.24, 2.45) is 29.6 Å². The number of esters is 1. The summed E-state index contributed by atoms with van der Waals surface area (Å²) in [7, 11) is 8.17. The van der Waals surface area contributed by atoms with E-state index in [1.807, 2.05) is 79.7 Å². The maximum Gasteiger partial charge on any atom is 0.412 e. The molecule has 5 aliphatic heterocycles. The van der Waals surface area contributed by atoms with Crippen molar-refractivity contribution >= 4 is 5.97 Å². The molecule has 16 nitrogen and oxygen atoms in total. The fourth-order valence-electron chi connectivity index (χ4n) is 12.5. The van der Waals surface area contributed by atoms with Crippen LogP contribution in [-0.2, 0) is 61.6 Å². The molecule has 0 aromatic rings. The lowest BCUT2D eigenvalue weighted by Crippen LogP contribution is -2.36. The van der Waals surface area contributed by atoms with E-state index < -0.39 is 36.2 Å². The minimum Gasteiger partial charge on any atom is -0.459 e. The molecule has 0 fully saturated rings. The molecule has 0 amide bonds. The van der Waals surface area contributed by atoms with E-state index in [0.29, 0.717) is 39.0 Å². The molecule has 3 N–H and O–H groups in total. The Balaban J connectivity index is 0.000000669. The molecule has 19 heteroatoms. The fraction of sp³-hybridized carbons (Fsp3) is 0.693. The highest BCUT2D eigenvalue weighted by Crippen LogP contribution is 2.30. The predicted molar refractivity (Wildman–Crippen MR) is 428 cm³/mol. The van der Waals surface area contributed by atoms with Gasteiger partial charge in [0.2, 0.25) is 0 Å². The molecular weight excluding hydrogens is 1370 g/mol. The summed E-state index contributed by atoms with van der Waals surface area (Å²) >= 11 is 0. The Morgan fingerprint density at radius 1 is 0.421 bits per heavy atom. The third kappa shape index (κ3) is 47.3. The SMILES string of the molecule is CCCO[C@H]1[C@H](C)/C=C(/C)COCCCCC/C=C/[C@@H]1OC.CO[C@H]1/C=C/CC/C(C(F)(F)F)=C/COC/C(C)=C\[C@@H](C)[C@@H]1O.CO[C@H]1/C=C/CC/C(C)=C\COC/C(C)=C\[C@@H](C)[C@@H]1O.CO[C@H]1/C=C/CC/C(C)=C\COC/C(C)=C\[C@@H](C)[C@@H]1O.CO[C@H]1/C=C/CCCCCOC/C(C)=C\[C@@H](C)[C@@H]1OC(C)=O. The molecule has 5 rings (SSSR count). The third-order valence-electron chi connectivity index (χ3n) is 18.7. The average Bonchev–Trinajstić information content (AvgIpc) is 0.897. The second-order valence-electron chi connectivity index (χ2n) is 29.2. The lowest BCUT2D eigenvalue weighted by Gasteiger charge is -2.28. The number of alkyl halides is 3. The molecule has 0 spiro atoms. The van der Waals surface area contributed by atoms with Crippen LogP contribution in [0.25, 0.3) is 0 Å². The molecule has 0 saturated heterocycles. The van der Waals surface area contributed by atoms with Crippen LogP contribution >= 0.6 is 0 Å². The summed E-state index contributed by atoms with van der Waals surface area (Å²) in [5, 5.41) is 31.0. The van der Waals surface area contributed by atoms with Gasteiger partial charge in [-0.3, -0.25) is 4.79 Å². The fourth-order valence-corrected chi connectivity index (χ4v) is 12.5. The Morgan fingerprint density at radius 3 is 1.09 bits per heavy atom. The molecule has 0 bridgehead atoms. The lowest BCUT2D eigenvalue weighted by atomic mass is 9.96. The standard InChI is InChI=1S/C19H34O3.C18H30O4.C17H25F3O3.2C17H28O3/c1-5-12-22-19-17(3)14-16(2)15-21-13-10-8-6-7-9-11-18(19)20-4;1-14-12-15(2)18(22-16(3)19)17(20-4)10-8-6-5-7-9-11-21-13-14;1-12-10-13(2)16(21)15(22-3)7-5-4-6-14(17(18,19)20)8-9-23-11-12;2*1-13-7-5-6-8-16(19-4)17(18)15(3)11-14(2)12-20-10-9-13/h9,11,14,17-19H,5-8,10,12-13,15H2,1-4H3;8,10,12,15,17-18H,5-7,9,11,13H2,1-4H3;5,7-8,10,13,15-16,21H,4,6,9,11H2,1-3H3;2*6,8-9,11,15-18H,5,7,10,12H2,1-4H3/b11-9+,16-14-;10-8+,14-12-;7-5+,12-10-,14-8-;2*8-6+,13-9-,14-11-/t17-,18+,19+;15-,17+,18+;13-,15+,16+;2*15-,16+,17+/m11111/s1. The Kier molecular flexibility index (Phi) is 57.2. The van der Waals surface area contributed by atoms with Crippen LogP contribution in [0.5, 0.6) is 0 Å². The van der Waals surface area contributed by atoms with Crippen LogP contribution in [0.1, 0.15) is 193 Å². The van der Waals surface area contributed by atoms with Crippen LogP contribution < -0.4 is 0 Å². The molecule has 5 aliphatic rings. The van der Waals surface area contributed by atoms with Crippen LogP contribution in [0.15, 0.2) is 154 Å². The largest absolute Gasteiger partial charge is 0.459 e. The summed E-state index contributed by atoms with van der Waals surface area (Å²) in [6.07, 6.45) is 42.0. The number of methoxy groups -OCH3 is 5. The summed E-state index contributed by atoms with van der Waals surface area (Å²) < 4.78 is 106. The van der Waals surface area contributed by atoms with Gasteiger partial charge in [-0.25, -0.2) is 0 Å². The number of halogens is 3. The zero-order chi connectivity index (χ0) is 80.0. The first-order chi connectivity index (χ1) is 51.1. The maximum atomic E-state index is 12.9. The van der Waals surface area contributed by atoms with E-state index in [2.05, 4.69) is 101 Å². The zero-order valence-corrected chi connectivity index (χ0v) is 69.2. The topological polar surface area (TPSA) is 189 Å². The smallest absolute Gasteiger partial charge is 0.412 e. The summed E-state index contributed by atoms with van der Waals surface area (Å²) in [5.41, 5.74) is 7.62. The highest BCUT2D eigenvalue weighted by atomic mass is 19.4. The van der Waals surface area contributed by atoms with Crippen LogP contribution in [-0.4, -0.2) is 197 Å². The van der Waals surface area contributed by atoms with Crippen molar-refractivity contribution in [1.82, 2.24) is 0 Å². The average molecular weight is 1520 g/mol. The normalized spacial score (nSPS) is 34.7. The van der Waals surface area contributed by atoms with Crippen molar-refractivity contribution in [1.29, 1.82) is 0 Å². The molecule has 0 aliphatic carbocycles. The molecule has 5 heterocycles. The van der Waals surface area contributed by atoms with Gasteiger partial charge in [0.25, 0.3) is 0 Å². The van der Waals surface area contributed by atoms with Crippen LogP contribution in [0.2, 0.25) is 0 Å². The highest BCUT2D eigenvalue weighted by molar-refractivity contribution is 5.66. The van der Waals surface area contributed by atoms with E-state index in [1.54, 1.807) is 40.6 Å².